The van der Waals surface area contributed by atoms with E-state index in [1.54, 1.807) is 62.8 Å². The zero-order valence-electron chi connectivity index (χ0n) is 11.9. The second kappa shape index (κ2) is 7.09. The molecule has 1 heterocycles. The van der Waals surface area contributed by atoms with Crippen molar-refractivity contribution in [1.29, 1.82) is 0 Å². The molecule has 1 N–H and O–H groups in total. The Balaban J connectivity index is 1.94. The quantitative estimate of drug-likeness (QED) is 0.677. The minimum absolute atomic E-state index is 0.275. The molecule has 0 spiro atoms. The molecule has 5 nitrogen and oxygen atoms in total. The van der Waals surface area contributed by atoms with Crippen LogP contribution >= 0.6 is 0 Å². The smallest absolute Gasteiger partial charge is 0.271 e. The lowest BCUT2D eigenvalue weighted by Gasteiger charge is -2.02. The molecular weight excluding hydrogens is 268 g/mol. The van der Waals surface area contributed by atoms with Crippen LogP contribution in [0.15, 0.2) is 58.3 Å². The Hall–Kier alpha value is -2.82. The summed E-state index contributed by atoms with van der Waals surface area (Å²) < 4.78 is 10.2. The summed E-state index contributed by atoms with van der Waals surface area (Å²) in [5, 5.41) is 4.00. The van der Waals surface area contributed by atoms with Crippen LogP contribution in [0.3, 0.4) is 0 Å². The van der Waals surface area contributed by atoms with Gasteiger partial charge >= 0.3 is 0 Å². The van der Waals surface area contributed by atoms with Crippen molar-refractivity contribution in [3.8, 4) is 5.75 Å². The predicted molar refractivity (Wildman–Crippen MR) is 81.3 cm³/mol. The number of carbonyl (C=O) groups is 1. The van der Waals surface area contributed by atoms with Gasteiger partial charge in [-0.2, -0.15) is 5.10 Å². The molecule has 0 aliphatic carbocycles. The Morgan fingerprint density at radius 1 is 1.29 bits per heavy atom. The van der Waals surface area contributed by atoms with Crippen LogP contribution in [0.4, 0.5) is 0 Å². The first kappa shape index (κ1) is 14.6. The average Bonchev–Trinajstić information content (AvgIpc) is 3.04. The van der Waals surface area contributed by atoms with Crippen molar-refractivity contribution < 1.29 is 13.9 Å². The van der Waals surface area contributed by atoms with Gasteiger partial charge in [-0.25, -0.2) is 5.43 Å². The van der Waals surface area contributed by atoms with Gasteiger partial charge < -0.3 is 9.15 Å². The molecule has 0 unspecified atom stereocenters. The van der Waals surface area contributed by atoms with E-state index in [-0.39, 0.29) is 5.91 Å². The number of hydrazone groups is 1. The Kier molecular flexibility index (Phi) is 4.93. The van der Waals surface area contributed by atoms with Crippen LogP contribution in [0.1, 0.15) is 23.0 Å². The maximum atomic E-state index is 11.9. The maximum absolute atomic E-state index is 11.9. The maximum Gasteiger partial charge on any atom is 0.271 e. The number of ether oxygens (including phenoxy) is 1. The van der Waals surface area contributed by atoms with E-state index in [4.69, 9.17) is 9.15 Å². The van der Waals surface area contributed by atoms with Gasteiger partial charge in [0.05, 0.1) is 19.1 Å². The van der Waals surface area contributed by atoms with Crippen molar-refractivity contribution in [2.75, 3.05) is 7.11 Å². The first-order chi connectivity index (χ1) is 10.2. The van der Waals surface area contributed by atoms with E-state index in [0.29, 0.717) is 17.0 Å². The van der Waals surface area contributed by atoms with Gasteiger partial charge in [0.25, 0.3) is 5.91 Å². The first-order valence-corrected chi connectivity index (χ1v) is 6.39. The Labute approximate surface area is 122 Å². The molecule has 108 valence electrons. The number of benzene rings is 1. The summed E-state index contributed by atoms with van der Waals surface area (Å²) >= 11 is 0. The molecule has 0 saturated carbocycles. The van der Waals surface area contributed by atoms with E-state index in [1.807, 2.05) is 6.07 Å². The molecule has 2 aromatic rings. The number of amides is 1. The third-order valence-electron chi connectivity index (χ3n) is 2.72. The summed E-state index contributed by atoms with van der Waals surface area (Å²) in [4.78, 5) is 11.9. The SMILES string of the molecule is COc1ccc(C(=O)NN=C(C)C=Cc2ccco2)cc1. The number of nitrogens with zero attached hydrogens (tertiary/aromatic N) is 1. The van der Waals surface area contributed by atoms with E-state index in [2.05, 4.69) is 10.5 Å². The van der Waals surface area contributed by atoms with Crippen LogP contribution in [0, 0.1) is 0 Å². The van der Waals surface area contributed by atoms with Crippen LogP contribution in [0.25, 0.3) is 6.08 Å². The summed E-state index contributed by atoms with van der Waals surface area (Å²) in [6.07, 6.45) is 5.13. The molecule has 1 aromatic heterocycles. The molecule has 0 bridgehead atoms. The normalized spacial score (nSPS) is 11.6. The van der Waals surface area contributed by atoms with Gasteiger partial charge in [-0.05, 0) is 55.5 Å². The highest BCUT2D eigenvalue weighted by molar-refractivity contribution is 5.99. The summed E-state index contributed by atoms with van der Waals surface area (Å²) in [5.74, 6) is 1.15. The fourth-order valence-corrected chi connectivity index (χ4v) is 1.57. The Morgan fingerprint density at radius 3 is 2.67 bits per heavy atom. The van der Waals surface area contributed by atoms with Crippen LogP contribution < -0.4 is 10.2 Å². The zero-order valence-corrected chi connectivity index (χ0v) is 11.9. The highest BCUT2D eigenvalue weighted by atomic mass is 16.5. The van der Waals surface area contributed by atoms with E-state index in [0.717, 1.165) is 5.76 Å². The largest absolute Gasteiger partial charge is 0.497 e. The van der Waals surface area contributed by atoms with Crippen molar-refractivity contribution in [1.82, 2.24) is 5.43 Å². The molecule has 0 saturated heterocycles. The standard InChI is InChI=1S/C16H16N2O3/c1-12(5-8-15-4-3-11-21-15)17-18-16(19)13-6-9-14(20-2)10-7-13/h3-11H,1-2H3,(H,18,19). The van der Waals surface area contributed by atoms with Crippen LogP contribution in [0.2, 0.25) is 0 Å². The van der Waals surface area contributed by atoms with E-state index >= 15 is 0 Å². The van der Waals surface area contributed by atoms with Gasteiger partial charge in [0.15, 0.2) is 0 Å². The minimum atomic E-state index is -0.275. The number of hydrogen-bond acceptors (Lipinski definition) is 4. The molecular formula is C16H16N2O3. The summed E-state index contributed by atoms with van der Waals surface area (Å²) in [6.45, 7) is 1.79. The molecule has 0 radical (unpaired) electrons. The summed E-state index contributed by atoms with van der Waals surface area (Å²) in [7, 11) is 1.58. The molecule has 21 heavy (non-hydrogen) atoms. The second-order valence-electron chi connectivity index (χ2n) is 4.27. The lowest BCUT2D eigenvalue weighted by atomic mass is 10.2. The molecule has 5 heteroatoms. The van der Waals surface area contributed by atoms with E-state index in [1.165, 1.54) is 0 Å². The van der Waals surface area contributed by atoms with Crippen LogP contribution in [0.5, 0.6) is 5.75 Å². The number of carbonyl (C=O) groups excluding carboxylic acids is 1. The van der Waals surface area contributed by atoms with Crippen molar-refractivity contribution >= 4 is 17.7 Å². The van der Waals surface area contributed by atoms with E-state index in [9.17, 15) is 4.79 Å². The summed E-state index contributed by atoms with van der Waals surface area (Å²) in [6, 6.07) is 10.4. The van der Waals surface area contributed by atoms with Gasteiger partial charge in [-0.3, -0.25) is 4.79 Å². The third-order valence-corrected chi connectivity index (χ3v) is 2.72. The van der Waals surface area contributed by atoms with Gasteiger partial charge in [0, 0.05) is 5.56 Å². The number of methoxy groups -OCH3 is 1. The Bertz CT molecular complexity index is 641. The van der Waals surface area contributed by atoms with E-state index < -0.39 is 0 Å². The highest BCUT2D eigenvalue weighted by Crippen LogP contribution is 2.11. The van der Waals surface area contributed by atoms with Crippen LogP contribution in [-0.2, 0) is 0 Å². The highest BCUT2D eigenvalue weighted by Gasteiger charge is 2.04. The zero-order chi connectivity index (χ0) is 15.1. The number of rotatable bonds is 5. The average molecular weight is 284 g/mol. The number of hydrogen-bond donors (Lipinski definition) is 1. The minimum Gasteiger partial charge on any atom is -0.497 e. The van der Waals surface area contributed by atoms with Crippen molar-refractivity contribution in [3.05, 3.63) is 60.1 Å². The first-order valence-electron chi connectivity index (χ1n) is 6.39. The fraction of sp³-hybridized carbons (Fsp3) is 0.125. The van der Waals surface area contributed by atoms with Crippen LogP contribution in [-0.4, -0.2) is 18.7 Å². The monoisotopic (exact) mass is 284 g/mol. The number of furan rings is 1. The molecule has 0 fully saturated rings. The van der Waals surface area contributed by atoms with Crippen molar-refractivity contribution in [2.45, 2.75) is 6.92 Å². The summed E-state index contributed by atoms with van der Waals surface area (Å²) in [5.41, 5.74) is 3.67. The molecule has 2 rings (SSSR count). The molecule has 0 aliphatic heterocycles. The van der Waals surface area contributed by atoms with Gasteiger partial charge in [0.2, 0.25) is 0 Å². The molecule has 1 aromatic carbocycles. The molecule has 1 amide bonds. The predicted octanol–water partition coefficient (Wildman–Crippen LogP) is 3.11. The van der Waals surface area contributed by atoms with Gasteiger partial charge in [-0.1, -0.05) is 0 Å². The number of nitrogens with one attached hydrogen (secondary N) is 1. The lowest BCUT2D eigenvalue weighted by Crippen LogP contribution is -2.18. The molecule has 0 aliphatic rings. The fourth-order valence-electron chi connectivity index (χ4n) is 1.57. The second-order valence-corrected chi connectivity index (χ2v) is 4.27. The van der Waals surface area contributed by atoms with Crippen molar-refractivity contribution in [3.63, 3.8) is 0 Å². The lowest BCUT2D eigenvalue weighted by molar-refractivity contribution is 0.0955. The topological polar surface area (TPSA) is 63.8 Å². The molecule has 0 atom stereocenters. The Morgan fingerprint density at radius 2 is 2.05 bits per heavy atom. The van der Waals surface area contributed by atoms with Gasteiger partial charge in [0.1, 0.15) is 11.5 Å². The third kappa shape index (κ3) is 4.35. The number of allylic oxidation sites excluding steroid dienone is 1. The van der Waals surface area contributed by atoms with Crippen molar-refractivity contribution in [2.24, 2.45) is 5.10 Å². The van der Waals surface area contributed by atoms with Gasteiger partial charge in [-0.15, -0.1) is 0 Å².